The molecule has 3 N–H and O–H groups in total. The molecule has 1 unspecified atom stereocenters. The number of hydrogen-bond donors (Lipinski definition) is 2. The van der Waals surface area contributed by atoms with Crippen molar-refractivity contribution in [1.82, 2.24) is 5.32 Å². The number of nitrogens with one attached hydrogen (secondary N) is 1. The molecule has 1 fully saturated rings. The van der Waals surface area contributed by atoms with Crippen LogP contribution in [0.4, 0.5) is 0 Å². The standard InChI is InChI=1S/C14H28N2O2/c1-11-4-6-14(10-15,7-5-11)16-13(17)8-12(2)9-18-3/h11-12H,4-10,15H2,1-3H3,(H,16,17). The highest BCUT2D eigenvalue weighted by Gasteiger charge is 2.34. The normalized spacial score (nSPS) is 29.9. The minimum Gasteiger partial charge on any atom is -0.384 e. The van der Waals surface area contributed by atoms with Gasteiger partial charge in [-0.1, -0.05) is 13.8 Å². The quantitative estimate of drug-likeness (QED) is 0.760. The van der Waals surface area contributed by atoms with Crippen molar-refractivity contribution >= 4 is 5.91 Å². The number of methoxy groups -OCH3 is 1. The molecular formula is C14H28N2O2. The van der Waals surface area contributed by atoms with Crippen LogP contribution in [0.5, 0.6) is 0 Å². The van der Waals surface area contributed by atoms with E-state index in [-0.39, 0.29) is 17.4 Å². The molecule has 1 rings (SSSR count). The summed E-state index contributed by atoms with van der Waals surface area (Å²) >= 11 is 0. The van der Waals surface area contributed by atoms with Crippen LogP contribution in [0, 0.1) is 11.8 Å². The lowest BCUT2D eigenvalue weighted by Gasteiger charge is -2.39. The number of rotatable bonds is 6. The molecule has 0 aromatic rings. The van der Waals surface area contributed by atoms with Gasteiger partial charge in [0.2, 0.25) is 5.91 Å². The average Bonchev–Trinajstić information content (AvgIpc) is 2.32. The van der Waals surface area contributed by atoms with Gasteiger partial charge in [0.05, 0.1) is 5.54 Å². The maximum Gasteiger partial charge on any atom is 0.220 e. The van der Waals surface area contributed by atoms with E-state index in [1.54, 1.807) is 7.11 Å². The fraction of sp³-hybridized carbons (Fsp3) is 0.929. The van der Waals surface area contributed by atoms with Crippen LogP contribution in [0.1, 0.15) is 46.0 Å². The second kappa shape index (κ2) is 7.10. The first-order valence-electron chi connectivity index (χ1n) is 7.01. The Bertz CT molecular complexity index is 261. The molecule has 1 amide bonds. The van der Waals surface area contributed by atoms with E-state index in [9.17, 15) is 4.79 Å². The minimum absolute atomic E-state index is 0.111. The Morgan fingerprint density at radius 2 is 2.11 bits per heavy atom. The molecular weight excluding hydrogens is 228 g/mol. The van der Waals surface area contributed by atoms with Crippen LogP contribution in [0.3, 0.4) is 0 Å². The third kappa shape index (κ3) is 4.58. The molecule has 106 valence electrons. The zero-order valence-corrected chi connectivity index (χ0v) is 12.0. The summed E-state index contributed by atoms with van der Waals surface area (Å²) in [7, 11) is 1.66. The third-order valence-corrected chi connectivity index (χ3v) is 4.01. The van der Waals surface area contributed by atoms with Gasteiger partial charge in [-0.25, -0.2) is 0 Å². The zero-order chi connectivity index (χ0) is 13.6. The van der Waals surface area contributed by atoms with Gasteiger partial charge in [-0.3, -0.25) is 4.79 Å². The van der Waals surface area contributed by atoms with Gasteiger partial charge in [0.15, 0.2) is 0 Å². The molecule has 18 heavy (non-hydrogen) atoms. The first kappa shape index (κ1) is 15.4. The van der Waals surface area contributed by atoms with Crippen molar-refractivity contribution in [3.8, 4) is 0 Å². The average molecular weight is 256 g/mol. The topological polar surface area (TPSA) is 64.3 Å². The molecule has 1 aliphatic carbocycles. The molecule has 0 bridgehead atoms. The Morgan fingerprint density at radius 3 is 2.61 bits per heavy atom. The van der Waals surface area contributed by atoms with Crippen molar-refractivity contribution in [3.05, 3.63) is 0 Å². The Labute approximate surface area is 111 Å². The van der Waals surface area contributed by atoms with Crippen molar-refractivity contribution in [2.45, 2.75) is 51.5 Å². The predicted octanol–water partition coefficient (Wildman–Crippen LogP) is 1.68. The van der Waals surface area contributed by atoms with Crippen LogP contribution in [0.2, 0.25) is 0 Å². The van der Waals surface area contributed by atoms with E-state index in [0.29, 0.717) is 19.6 Å². The largest absolute Gasteiger partial charge is 0.384 e. The SMILES string of the molecule is COCC(C)CC(=O)NC1(CN)CCC(C)CC1. The smallest absolute Gasteiger partial charge is 0.220 e. The Kier molecular flexibility index (Phi) is 6.09. The van der Waals surface area contributed by atoms with Crippen LogP contribution in [0.15, 0.2) is 0 Å². The number of hydrogen-bond acceptors (Lipinski definition) is 3. The van der Waals surface area contributed by atoms with Gasteiger partial charge < -0.3 is 15.8 Å². The lowest BCUT2D eigenvalue weighted by atomic mass is 9.77. The molecule has 1 aliphatic rings. The van der Waals surface area contributed by atoms with Crippen LogP contribution >= 0.6 is 0 Å². The number of carbonyl (C=O) groups is 1. The van der Waals surface area contributed by atoms with Crippen LogP contribution < -0.4 is 11.1 Å². The fourth-order valence-corrected chi connectivity index (χ4v) is 2.70. The maximum absolute atomic E-state index is 12.0. The lowest BCUT2D eigenvalue weighted by Crippen LogP contribution is -2.55. The predicted molar refractivity (Wildman–Crippen MR) is 73.2 cm³/mol. The molecule has 0 spiro atoms. The van der Waals surface area contributed by atoms with Crippen molar-refractivity contribution in [2.75, 3.05) is 20.3 Å². The van der Waals surface area contributed by atoms with Crippen LogP contribution in [-0.4, -0.2) is 31.7 Å². The van der Waals surface area contributed by atoms with Gasteiger partial charge in [0.1, 0.15) is 0 Å². The molecule has 4 nitrogen and oxygen atoms in total. The second-order valence-corrected chi connectivity index (χ2v) is 5.98. The molecule has 1 atom stereocenters. The number of ether oxygens (including phenoxy) is 1. The molecule has 0 aliphatic heterocycles. The summed E-state index contributed by atoms with van der Waals surface area (Å²) in [4.78, 5) is 12.0. The van der Waals surface area contributed by atoms with Crippen molar-refractivity contribution in [2.24, 2.45) is 17.6 Å². The first-order chi connectivity index (χ1) is 8.51. The van der Waals surface area contributed by atoms with Gasteiger partial charge in [0.25, 0.3) is 0 Å². The number of carbonyl (C=O) groups excluding carboxylic acids is 1. The molecule has 0 aromatic carbocycles. The molecule has 4 heteroatoms. The van der Waals surface area contributed by atoms with Crippen LogP contribution in [-0.2, 0) is 9.53 Å². The van der Waals surface area contributed by atoms with Gasteiger partial charge in [-0.2, -0.15) is 0 Å². The summed E-state index contributed by atoms with van der Waals surface area (Å²) in [6.07, 6.45) is 4.85. The molecule has 0 radical (unpaired) electrons. The summed E-state index contributed by atoms with van der Waals surface area (Å²) < 4.78 is 5.06. The monoisotopic (exact) mass is 256 g/mol. The van der Waals surface area contributed by atoms with E-state index >= 15 is 0 Å². The summed E-state index contributed by atoms with van der Waals surface area (Å²) in [6, 6.07) is 0. The van der Waals surface area contributed by atoms with E-state index in [2.05, 4.69) is 12.2 Å². The van der Waals surface area contributed by atoms with Gasteiger partial charge >= 0.3 is 0 Å². The van der Waals surface area contributed by atoms with Crippen molar-refractivity contribution in [3.63, 3.8) is 0 Å². The van der Waals surface area contributed by atoms with Crippen molar-refractivity contribution in [1.29, 1.82) is 0 Å². The Hall–Kier alpha value is -0.610. The van der Waals surface area contributed by atoms with Gasteiger partial charge in [0, 0.05) is 26.7 Å². The van der Waals surface area contributed by atoms with E-state index in [4.69, 9.17) is 10.5 Å². The van der Waals surface area contributed by atoms with Crippen molar-refractivity contribution < 1.29 is 9.53 Å². The fourth-order valence-electron chi connectivity index (χ4n) is 2.70. The molecule has 0 heterocycles. The van der Waals surface area contributed by atoms with E-state index in [1.165, 1.54) is 0 Å². The van der Waals surface area contributed by atoms with E-state index in [0.717, 1.165) is 31.6 Å². The maximum atomic E-state index is 12.0. The lowest BCUT2D eigenvalue weighted by molar-refractivity contribution is -0.124. The number of amides is 1. The third-order valence-electron chi connectivity index (χ3n) is 4.01. The summed E-state index contributed by atoms with van der Waals surface area (Å²) in [6.45, 7) is 5.47. The summed E-state index contributed by atoms with van der Waals surface area (Å²) in [5.41, 5.74) is 5.73. The van der Waals surface area contributed by atoms with Gasteiger partial charge in [-0.05, 0) is 37.5 Å². The molecule has 0 aromatic heterocycles. The highest BCUT2D eigenvalue weighted by atomic mass is 16.5. The van der Waals surface area contributed by atoms with Gasteiger partial charge in [-0.15, -0.1) is 0 Å². The highest BCUT2D eigenvalue weighted by molar-refractivity contribution is 5.77. The number of nitrogens with two attached hydrogens (primary N) is 1. The summed E-state index contributed by atoms with van der Waals surface area (Å²) in [5, 5.41) is 3.17. The first-order valence-corrected chi connectivity index (χ1v) is 7.01. The Balaban J connectivity index is 2.45. The molecule has 1 saturated carbocycles. The van der Waals surface area contributed by atoms with E-state index < -0.39 is 0 Å². The van der Waals surface area contributed by atoms with E-state index in [1.807, 2.05) is 6.92 Å². The molecule has 0 saturated heterocycles. The summed E-state index contributed by atoms with van der Waals surface area (Å²) in [5.74, 6) is 1.13. The minimum atomic E-state index is -0.156. The Morgan fingerprint density at radius 1 is 1.50 bits per heavy atom. The highest BCUT2D eigenvalue weighted by Crippen LogP contribution is 2.31. The zero-order valence-electron chi connectivity index (χ0n) is 12.0. The van der Waals surface area contributed by atoms with Crippen LogP contribution in [0.25, 0.3) is 0 Å². The second-order valence-electron chi connectivity index (χ2n) is 5.98.